The standard InChI is InChI=1S/C18H20O2/c1-4-7-13-10-11-14(8-5-2)18-17(13)15(9-6-3)12-16(19)20-18/h4-6,10-11,15H,1-3,7-9,12H2. The molecular formula is C18H20O2. The normalized spacial score (nSPS) is 17.0. The topological polar surface area (TPSA) is 26.3 Å². The van der Waals surface area contributed by atoms with Crippen LogP contribution < -0.4 is 4.74 Å². The molecule has 1 heterocycles. The minimum atomic E-state index is -0.162. The fourth-order valence-corrected chi connectivity index (χ4v) is 2.76. The number of carbonyl (C=O) groups is 1. The molecule has 0 amide bonds. The van der Waals surface area contributed by atoms with Crippen molar-refractivity contribution in [3.63, 3.8) is 0 Å². The van der Waals surface area contributed by atoms with Crippen LogP contribution in [0.5, 0.6) is 5.75 Å². The predicted molar refractivity (Wildman–Crippen MR) is 82.1 cm³/mol. The third-order valence-electron chi connectivity index (χ3n) is 3.58. The molecule has 1 aromatic rings. The summed E-state index contributed by atoms with van der Waals surface area (Å²) in [5.41, 5.74) is 3.34. The average molecular weight is 268 g/mol. The molecule has 0 fully saturated rings. The summed E-state index contributed by atoms with van der Waals surface area (Å²) < 4.78 is 5.52. The largest absolute Gasteiger partial charge is 0.426 e. The Morgan fingerprint density at radius 3 is 2.40 bits per heavy atom. The van der Waals surface area contributed by atoms with Gasteiger partial charge in [-0.15, -0.1) is 19.7 Å². The van der Waals surface area contributed by atoms with Crippen molar-refractivity contribution in [2.75, 3.05) is 0 Å². The number of benzene rings is 1. The maximum absolute atomic E-state index is 11.8. The van der Waals surface area contributed by atoms with E-state index in [0.717, 1.165) is 29.7 Å². The summed E-state index contributed by atoms with van der Waals surface area (Å²) >= 11 is 0. The fraction of sp³-hybridized carbons (Fsp3) is 0.278. The summed E-state index contributed by atoms with van der Waals surface area (Å²) in [7, 11) is 0. The first-order valence-electron chi connectivity index (χ1n) is 6.89. The van der Waals surface area contributed by atoms with Crippen LogP contribution in [-0.4, -0.2) is 5.97 Å². The second-order valence-corrected chi connectivity index (χ2v) is 5.01. The number of rotatable bonds is 6. The van der Waals surface area contributed by atoms with Crippen LogP contribution in [0.4, 0.5) is 0 Å². The smallest absolute Gasteiger partial charge is 0.311 e. The van der Waals surface area contributed by atoms with Gasteiger partial charge in [0.05, 0.1) is 6.42 Å². The Hall–Kier alpha value is -2.09. The highest BCUT2D eigenvalue weighted by atomic mass is 16.5. The Bertz CT molecular complexity index is 555. The van der Waals surface area contributed by atoms with E-state index >= 15 is 0 Å². The number of hydrogen-bond donors (Lipinski definition) is 0. The summed E-state index contributed by atoms with van der Waals surface area (Å²) in [4.78, 5) is 11.8. The first-order chi connectivity index (χ1) is 9.71. The van der Waals surface area contributed by atoms with Crippen LogP contribution in [0.3, 0.4) is 0 Å². The van der Waals surface area contributed by atoms with Gasteiger partial charge < -0.3 is 4.74 Å². The first-order valence-corrected chi connectivity index (χ1v) is 6.89. The summed E-state index contributed by atoms with van der Waals surface area (Å²) in [6, 6.07) is 4.12. The highest BCUT2D eigenvalue weighted by Gasteiger charge is 2.30. The van der Waals surface area contributed by atoms with Crippen molar-refractivity contribution in [3.05, 3.63) is 66.8 Å². The van der Waals surface area contributed by atoms with Crippen LogP contribution in [0.15, 0.2) is 50.1 Å². The Morgan fingerprint density at radius 2 is 1.75 bits per heavy atom. The second-order valence-electron chi connectivity index (χ2n) is 5.01. The zero-order valence-electron chi connectivity index (χ0n) is 11.7. The van der Waals surface area contributed by atoms with Gasteiger partial charge in [0.1, 0.15) is 5.75 Å². The Morgan fingerprint density at radius 1 is 1.10 bits per heavy atom. The zero-order valence-corrected chi connectivity index (χ0v) is 11.7. The van der Waals surface area contributed by atoms with E-state index in [4.69, 9.17) is 4.74 Å². The SMILES string of the molecule is C=CCc1ccc(CC=C)c2c1OC(=O)CC2CC=C. The van der Waals surface area contributed by atoms with E-state index in [2.05, 4.69) is 25.8 Å². The molecule has 0 radical (unpaired) electrons. The van der Waals surface area contributed by atoms with Gasteiger partial charge in [-0.1, -0.05) is 30.4 Å². The Labute approximate surface area is 120 Å². The van der Waals surface area contributed by atoms with E-state index in [1.807, 2.05) is 24.3 Å². The molecule has 0 aromatic heterocycles. The molecule has 20 heavy (non-hydrogen) atoms. The molecule has 0 bridgehead atoms. The van der Waals surface area contributed by atoms with Crippen LogP contribution in [0.1, 0.15) is 35.4 Å². The lowest BCUT2D eigenvalue weighted by Crippen LogP contribution is -2.22. The molecule has 0 aliphatic carbocycles. The number of carbonyl (C=O) groups excluding carboxylic acids is 1. The molecule has 1 aliphatic rings. The van der Waals surface area contributed by atoms with Crippen LogP contribution in [0.25, 0.3) is 0 Å². The van der Waals surface area contributed by atoms with Gasteiger partial charge in [0.25, 0.3) is 0 Å². The minimum Gasteiger partial charge on any atom is -0.426 e. The molecule has 2 heteroatoms. The van der Waals surface area contributed by atoms with Gasteiger partial charge in [0, 0.05) is 11.5 Å². The van der Waals surface area contributed by atoms with Gasteiger partial charge >= 0.3 is 5.97 Å². The first kappa shape index (κ1) is 14.3. The molecule has 1 atom stereocenters. The number of ether oxygens (including phenoxy) is 1. The van der Waals surface area contributed by atoms with Gasteiger partial charge in [-0.3, -0.25) is 4.79 Å². The summed E-state index contributed by atoms with van der Waals surface area (Å²) in [5.74, 6) is 0.723. The quantitative estimate of drug-likeness (QED) is 0.441. The van der Waals surface area contributed by atoms with Gasteiger partial charge in [-0.2, -0.15) is 0 Å². The van der Waals surface area contributed by atoms with Crippen LogP contribution in [0, 0.1) is 0 Å². The average Bonchev–Trinajstić information content (AvgIpc) is 2.42. The number of esters is 1. The molecule has 0 saturated carbocycles. The van der Waals surface area contributed by atoms with Crippen molar-refractivity contribution in [2.45, 2.75) is 31.6 Å². The van der Waals surface area contributed by atoms with E-state index in [1.165, 1.54) is 5.56 Å². The molecule has 0 saturated heterocycles. The molecule has 1 aromatic carbocycles. The molecule has 2 nitrogen and oxygen atoms in total. The van der Waals surface area contributed by atoms with Gasteiger partial charge in [0.15, 0.2) is 0 Å². The molecule has 0 spiro atoms. The molecule has 1 unspecified atom stereocenters. The third-order valence-corrected chi connectivity index (χ3v) is 3.58. The number of allylic oxidation sites excluding steroid dienone is 3. The van der Waals surface area contributed by atoms with Gasteiger partial charge in [-0.25, -0.2) is 0 Å². The molecule has 104 valence electrons. The Balaban J connectivity index is 2.58. The van der Waals surface area contributed by atoms with Crippen LogP contribution >= 0.6 is 0 Å². The monoisotopic (exact) mass is 268 g/mol. The van der Waals surface area contributed by atoms with Gasteiger partial charge in [-0.05, 0) is 30.4 Å². The molecule has 0 N–H and O–H groups in total. The third kappa shape index (κ3) is 2.74. The highest BCUT2D eigenvalue weighted by Crippen LogP contribution is 2.41. The molecule has 1 aliphatic heterocycles. The van der Waals surface area contributed by atoms with Crippen molar-refractivity contribution < 1.29 is 9.53 Å². The number of fused-ring (bicyclic) bond motifs is 1. The van der Waals surface area contributed by atoms with Crippen molar-refractivity contribution in [3.8, 4) is 5.75 Å². The number of hydrogen-bond acceptors (Lipinski definition) is 2. The summed E-state index contributed by atoms with van der Waals surface area (Å²) in [6.45, 7) is 11.4. The van der Waals surface area contributed by atoms with Crippen molar-refractivity contribution in [1.82, 2.24) is 0 Å². The van der Waals surface area contributed by atoms with E-state index in [9.17, 15) is 4.79 Å². The van der Waals surface area contributed by atoms with E-state index in [1.54, 1.807) is 0 Å². The fourth-order valence-electron chi connectivity index (χ4n) is 2.76. The summed E-state index contributed by atoms with van der Waals surface area (Å²) in [6.07, 6.45) is 8.25. The van der Waals surface area contributed by atoms with Crippen LogP contribution in [-0.2, 0) is 17.6 Å². The lowest BCUT2D eigenvalue weighted by atomic mass is 9.83. The van der Waals surface area contributed by atoms with E-state index < -0.39 is 0 Å². The van der Waals surface area contributed by atoms with Gasteiger partial charge in [0.2, 0.25) is 0 Å². The maximum Gasteiger partial charge on any atom is 0.311 e. The van der Waals surface area contributed by atoms with E-state index in [0.29, 0.717) is 12.8 Å². The molecule has 2 rings (SSSR count). The van der Waals surface area contributed by atoms with Crippen molar-refractivity contribution in [2.24, 2.45) is 0 Å². The molecular weight excluding hydrogens is 248 g/mol. The highest BCUT2D eigenvalue weighted by molar-refractivity contribution is 5.78. The van der Waals surface area contributed by atoms with Crippen molar-refractivity contribution in [1.29, 1.82) is 0 Å². The summed E-state index contributed by atoms with van der Waals surface area (Å²) in [5, 5.41) is 0. The second kappa shape index (κ2) is 6.38. The zero-order chi connectivity index (χ0) is 14.5. The lowest BCUT2D eigenvalue weighted by molar-refractivity contribution is -0.135. The van der Waals surface area contributed by atoms with E-state index in [-0.39, 0.29) is 11.9 Å². The predicted octanol–water partition coefficient (Wildman–Crippen LogP) is 4.11. The van der Waals surface area contributed by atoms with Crippen LogP contribution in [0.2, 0.25) is 0 Å². The van der Waals surface area contributed by atoms with Crippen molar-refractivity contribution >= 4 is 5.97 Å². The maximum atomic E-state index is 11.8. The minimum absolute atomic E-state index is 0.156. The Kier molecular flexibility index (Phi) is 4.57. The lowest BCUT2D eigenvalue weighted by Gasteiger charge is -2.28.